The van der Waals surface area contributed by atoms with Crippen LogP contribution < -0.4 is 5.32 Å². The van der Waals surface area contributed by atoms with Crippen LogP contribution in [0, 0.1) is 0 Å². The molecule has 1 heterocycles. The number of hydrogen-bond donors (Lipinski definition) is 1. The second-order valence-electron chi connectivity index (χ2n) is 5.47. The van der Waals surface area contributed by atoms with Gasteiger partial charge in [0.15, 0.2) is 0 Å². The third-order valence-electron chi connectivity index (χ3n) is 4.06. The number of piperidine rings is 1. The summed E-state index contributed by atoms with van der Waals surface area (Å²) in [5.41, 5.74) is 0. The van der Waals surface area contributed by atoms with E-state index in [0.717, 1.165) is 45.1 Å². The van der Waals surface area contributed by atoms with E-state index >= 15 is 0 Å². The molecule has 0 unspecified atom stereocenters. The van der Waals surface area contributed by atoms with Crippen molar-refractivity contribution in [3.8, 4) is 0 Å². The first kappa shape index (κ1) is 13.5. The summed E-state index contributed by atoms with van der Waals surface area (Å²) in [6.45, 7) is 3.24. The van der Waals surface area contributed by atoms with Crippen molar-refractivity contribution >= 4 is 11.8 Å². The van der Waals surface area contributed by atoms with Crippen LogP contribution in [0.4, 0.5) is 0 Å². The van der Waals surface area contributed by atoms with Gasteiger partial charge >= 0.3 is 0 Å². The first-order chi connectivity index (χ1) is 8.72. The maximum absolute atomic E-state index is 11.8. The SMILES string of the molecule is CCCNC1CCC(N2C(=O)CCCC2=O)CC1. The van der Waals surface area contributed by atoms with Crippen LogP contribution in [0.15, 0.2) is 0 Å². The van der Waals surface area contributed by atoms with Crippen LogP contribution >= 0.6 is 0 Å². The van der Waals surface area contributed by atoms with E-state index in [4.69, 9.17) is 0 Å². The maximum Gasteiger partial charge on any atom is 0.229 e. The van der Waals surface area contributed by atoms with E-state index < -0.39 is 0 Å². The van der Waals surface area contributed by atoms with Crippen LogP contribution in [0.25, 0.3) is 0 Å². The Hall–Kier alpha value is -0.900. The van der Waals surface area contributed by atoms with Crippen molar-refractivity contribution in [1.29, 1.82) is 0 Å². The first-order valence-corrected chi connectivity index (χ1v) is 7.30. The fraction of sp³-hybridized carbons (Fsp3) is 0.857. The van der Waals surface area contributed by atoms with Crippen molar-refractivity contribution in [1.82, 2.24) is 10.2 Å². The number of nitrogens with zero attached hydrogens (tertiary/aromatic N) is 1. The van der Waals surface area contributed by atoms with E-state index in [9.17, 15) is 9.59 Å². The van der Waals surface area contributed by atoms with Crippen molar-refractivity contribution in [2.45, 2.75) is 70.4 Å². The maximum atomic E-state index is 11.8. The molecule has 0 bridgehead atoms. The van der Waals surface area contributed by atoms with E-state index in [2.05, 4.69) is 12.2 Å². The molecular weight excluding hydrogens is 228 g/mol. The number of likely N-dealkylation sites (tertiary alicyclic amines) is 1. The lowest BCUT2D eigenvalue weighted by Gasteiger charge is -2.37. The molecule has 0 aromatic rings. The number of amides is 2. The minimum atomic E-state index is 0.0521. The minimum absolute atomic E-state index is 0.0521. The molecule has 0 spiro atoms. The van der Waals surface area contributed by atoms with Gasteiger partial charge in [0.05, 0.1) is 0 Å². The van der Waals surface area contributed by atoms with Crippen LogP contribution in [0.1, 0.15) is 58.3 Å². The number of imide groups is 1. The molecule has 0 aromatic heterocycles. The third kappa shape index (κ3) is 3.10. The monoisotopic (exact) mass is 252 g/mol. The van der Waals surface area contributed by atoms with E-state index in [1.54, 1.807) is 4.90 Å². The van der Waals surface area contributed by atoms with Crippen LogP contribution in [-0.4, -0.2) is 35.3 Å². The van der Waals surface area contributed by atoms with Crippen LogP contribution in [-0.2, 0) is 9.59 Å². The average molecular weight is 252 g/mol. The van der Waals surface area contributed by atoms with Crippen molar-refractivity contribution in [3.63, 3.8) is 0 Å². The second kappa shape index (κ2) is 6.32. The summed E-state index contributed by atoms with van der Waals surface area (Å²) < 4.78 is 0. The molecule has 4 heteroatoms. The van der Waals surface area contributed by atoms with Gasteiger partial charge in [-0.15, -0.1) is 0 Å². The Kier molecular flexibility index (Phi) is 4.75. The smallest absolute Gasteiger partial charge is 0.229 e. The highest BCUT2D eigenvalue weighted by atomic mass is 16.2. The molecule has 2 fully saturated rings. The molecular formula is C14H24N2O2. The van der Waals surface area contributed by atoms with E-state index in [0.29, 0.717) is 18.9 Å². The number of hydrogen-bond acceptors (Lipinski definition) is 3. The number of carbonyl (C=O) groups excluding carboxylic acids is 2. The van der Waals surface area contributed by atoms with Gasteiger partial charge in [0, 0.05) is 24.9 Å². The van der Waals surface area contributed by atoms with Gasteiger partial charge in [0.2, 0.25) is 11.8 Å². The predicted molar refractivity (Wildman–Crippen MR) is 70.0 cm³/mol. The van der Waals surface area contributed by atoms with E-state index in [1.807, 2.05) is 0 Å². The molecule has 0 atom stereocenters. The van der Waals surface area contributed by atoms with Gasteiger partial charge in [-0.2, -0.15) is 0 Å². The van der Waals surface area contributed by atoms with E-state index in [1.165, 1.54) is 0 Å². The molecule has 1 saturated carbocycles. The van der Waals surface area contributed by atoms with Crippen molar-refractivity contribution in [2.24, 2.45) is 0 Å². The Bertz CT molecular complexity index is 293. The molecule has 4 nitrogen and oxygen atoms in total. The van der Waals surface area contributed by atoms with Gasteiger partial charge in [0.1, 0.15) is 0 Å². The molecule has 1 saturated heterocycles. The third-order valence-corrected chi connectivity index (χ3v) is 4.06. The van der Waals surface area contributed by atoms with Crippen LogP contribution in [0.2, 0.25) is 0 Å². The Morgan fingerprint density at radius 1 is 1.11 bits per heavy atom. The standard InChI is InChI=1S/C14H24N2O2/c1-2-10-15-11-6-8-12(9-7-11)16-13(17)4-3-5-14(16)18/h11-12,15H,2-10H2,1H3. The Balaban J connectivity index is 1.84. The molecule has 0 aromatic carbocycles. The number of carbonyl (C=O) groups is 2. The summed E-state index contributed by atoms with van der Waals surface area (Å²) >= 11 is 0. The van der Waals surface area contributed by atoms with E-state index in [-0.39, 0.29) is 17.9 Å². The van der Waals surface area contributed by atoms with Gasteiger partial charge in [-0.1, -0.05) is 6.92 Å². The highest BCUT2D eigenvalue weighted by Gasteiger charge is 2.34. The van der Waals surface area contributed by atoms with Gasteiger partial charge < -0.3 is 5.32 Å². The molecule has 0 radical (unpaired) electrons. The fourth-order valence-corrected chi connectivity index (χ4v) is 3.06. The number of nitrogens with one attached hydrogen (secondary N) is 1. The molecule has 1 aliphatic carbocycles. The molecule has 1 N–H and O–H groups in total. The average Bonchev–Trinajstić information content (AvgIpc) is 2.37. The summed E-state index contributed by atoms with van der Waals surface area (Å²) in [7, 11) is 0. The lowest BCUT2D eigenvalue weighted by molar-refractivity contribution is -0.151. The largest absolute Gasteiger partial charge is 0.314 e. The van der Waals surface area contributed by atoms with Gasteiger partial charge in [-0.05, 0) is 45.1 Å². The zero-order valence-electron chi connectivity index (χ0n) is 11.3. The highest BCUT2D eigenvalue weighted by molar-refractivity contribution is 5.97. The van der Waals surface area contributed by atoms with Gasteiger partial charge in [-0.25, -0.2) is 0 Å². The quantitative estimate of drug-likeness (QED) is 0.777. The first-order valence-electron chi connectivity index (χ1n) is 7.30. The predicted octanol–water partition coefficient (Wildman–Crippen LogP) is 1.84. The Morgan fingerprint density at radius 3 is 2.28 bits per heavy atom. The summed E-state index contributed by atoms with van der Waals surface area (Å²) in [6, 6.07) is 0.751. The molecule has 102 valence electrons. The zero-order chi connectivity index (χ0) is 13.0. The van der Waals surface area contributed by atoms with Gasteiger partial charge in [-0.3, -0.25) is 14.5 Å². The topological polar surface area (TPSA) is 49.4 Å². The summed E-state index contributed by atoms with van der Waals surface area (Å²) in [6.07, 6.45) is 7.12. The molecule has 18 heavy (non-hydrogen) atoms. The Morgan fingerprint density at radius 2 is 1.72 bits per heavy atom. The highest BCUT2D eigenvalue weighted by Crippen LogP contribution is 2.26. The lowest BCUT2D eigenvalue weighted by Crippen LogP contribution is -2.49. The van der Waals surface area contributed by atoms with Crippen LogP contribution in [0.3, 0.4) is 0 Å². The summed E-state index contributed by atoms with van der Waals surface area (Å²) in [4.78, 5) is 25.3. The molecule has 2 aliphatic rings. The molecule has 1 aliphatic heterocycles. The minimum Gasteiger partial charge on any atom is -0.314 e. The van der Waals surface area contributed by atoms with Crippen molar-refractivity contribution in [3.05, 3.63) is 0 Å². The number of rotatable bonds is 4. The lowest BCUT2D eigenvalue weighted by atomic mass is 9.89. The van der Waals surface area contributed by atoms with Crippen molar-refractivity contribution < 1.29 is 9.59 Å². The summed E-state index contributed by atoms with van der Waals surface area (Å²) in [5, 5.41) is 3.53. The molecule has 2 rings (SSSR count). The van der Waals surface area contributed by atoms with Crippen LogP contribution in [0.5, 0.6) is 0 Å². The second-order valence-corrected chi connectivity index (χ2v) is 5.47. The Labute approximate surface area is 109 Å². The fourth-order valence-electron chi connectivity index (χ4n) is 3.06. The normalized spacial score (nSPS) is 29.7. The summed E-state index contributed by atoms with van der Waals surface area (Å²) in [5.74, 6) is 0.104. The van der Waals surface area contributed by atoms with Crippen molar-refractivity contribution in [2.75, 3.05) is 6.54 Å². The molecule has 2 amide bonds. The van der Waals surface area contributed by atoms with Gasteiger partial charge in [0.25, 0.3) is 0 Å². The zero-order valence-corrected chi connectivity index (χ0v) is 11.3.